The average Bonchev–Trinajstić information content (AvgIpc) is 3.55. The van der Waals surface area contributed by atoms with Gasteiger partial charge in [0.2, 0.25) is 0 Å². The van der Waals surface area contributed by atoms with E-state index in [1.165, 1.54) is 11.8 Å². The van der Waals surface area contributed by atoms with Gasteiger partial charge >= 0.3 is 0 Å². The molecule has 3 heterocycles. The number of benzene rings is 1. The molecule has 166 valence electrons. The van der Waals surface area contributed by atoms with E-state index >= 15 is 0 Å². The number of nitrogens with zero attached hydrogens (tertiary/aromatic N) is 6. The zero-order chi connectivity index (χ0) is 22.8. The molecule has 0 unspecified atom stereocenters. The molecular weight excluding hydrogens is 434 g/mol. The van der Waals surface area contributed by atoms with Crippen molar-refractivity contribution in [3.63, 3.8) is 0 Å². The molecule has 0 aliphatic heterocycles. The summed E-state index contributed by atoms with van der Waals surface area (Å²) in [7, 11) is 0. The van der Waals surface area contributed by atoms with Crippen molar-refractivity contribution in [2.75, 3.05) is 5.32 Å². The van der Waals surface area contributed by atoms with Crippen molar-refractivity contribution in [3.05, 3.63) is 72.4 Å². The molecule has 5 rings (SSSR count). The molecule has 33 heavy (non-hydrogen) atoms. The number of hydrogen-bond acceptors (Lipinski definition) is 7. The van der Waals surface area contributed by atoms with Gasteiger partial charge in [0, 0.05) is 28.6 Å². The smallest absolute Gasteiger partial charge is 0.256 e. The maximum absolute atomic E-state index is 12.9. The number of pyridine rings is 1. The second-order valence-electron chi connectivity index (χ2n) is 8.18. The fraction of sp³-hybridized carbons (Fsp3) is 0.250. The van der Waals surface area contributed by atoms with Crippen molar-refractivity contribution in [3.8, 4) is 11.5 Å². The van der Waals surface area contributed by atoms with Gasteiger partial charge in [0.05, 0.1) is 0 Å². The summed E-state index contributed by atoms with van der Waals surface area (Å²) >= 11 is 1.53. The zero-order valence-corrected chi connectivity index (χ0v) is 19.2. The number of hydrogen-bond donors (Lipinski definition) is 1. The fourth-order valence-electron chi connectivity index (χ4n) is 3.39. The van der Waals surface area contributed by atoms with E-state index in [2.05, 4.69) is 44.3 Å². The minimum absolute atomic E-state index is 0.200. The monoisotopic (exact) mass is 457 g/mol. The first-order valence-corrected chi connectivity index (χ1v) is 11.7. The first kappa shape index (κ1) is 21.3. The van der Waals surface area contributed by atoms with E-state index in [1.54, 1.807) is 24.7 Å². The molecule has 1 fully saturated rings. The Morgan fingerprint density at radius 3 is 2.79 bits per heavy atom. The molecule has 1 aliphatic carbocycles. The molecule has 4 aromatic rings. The van der Waals surface area contributed by atoms with Crippen LogP contribution >= 0.6 is 11.8 Å². The second kappa shape index (κ2) is 9.11. The van der Waals surface area contributed by atoms with Crippen LogP contribution in [-0.4, -0.2) is 35.6 Å². The Morgan fingerprint density at radius 1 is 1.12 bits per heavy atom. The van der Waals surface area contributed by atoms with Crippen LogP contribution in [-0.2, 0) is 0 Å². The van der Waals surface area contributed by atoms with Gasteiger partial charge in [-0.2, -0.15) is 0 Å². The molecule has 0 atom stereocenters. The SMILES string of the molecule is CC(C)n1cnnc1-c1cccc(NC(=O)c2cccc(Sc3ccnc(C4CC4)n3)c2)n1. The number of carbonyl (C=O) groups excluding carboxylic acids is 1. The maximum Gasteiger partial charge on any atom is 0.256 e. The molecule has 3 aromatic heterocycles. The number of amides is 1. The summed E-state index contributed by atoms with van der Waals surface area (Å²) in [4.78, 5) is 27.5. The Hall–Kier alpha value is -3.59. The van der Waals surface area contributed by atoms with E-state index in [-0.39, 0.29) is 11.9 Å². The van der Waals surface area contributed by atoms with E-state index in [9.17, 15) is 4.79 Å². The van der Waals surface area contributed by atoms with Crippen LogP contribution in [0.25, 0.3) is 11.5 Å². The molecule has 0 spiro atoms. The van der Waals surface area contributed by atoms with Crippen LogP contribution in [0.5, 0.6) is 0 Å². The van der Waals surface area contributed by atoms with Crippen LogP contribution in [0.4, 0.5) is 5.82 Å². The van der Waals surface area contributed by atoms with E-state index in [0.717, 1.165) is 28.6 Å². The average molecular weight is 458 g/mol. The number of anilines is 1. The van der Waals surface area contributed by atoms with Gasteiger partial charge < -0.3 is 9.88 Å². The molecule has 0 saturated heterocycles. The lowest BCUT2D eigenvalue weighted by molar-refractivity contribution is 0.102. The van der Waals surface area contributed by atoms with Gasteiger partial charge in [0.15, 0.2) is 5.82 Å². The lowest BCUT2D eigenvalue weighted by Gasteiger charge is -2.11. The molecule has 0 bridgehead atoms. The Balaban J connectivity index is 1.31. The zero-order valence-electron chi connectivity index (χ0n) is 18.3. The van der Waals surface area contributed by atoms with Crippen LogP contribution in [0.3, 0.4) is 0 Å². The summed E-state index contributed by atoms with van der Waals surface area (Å²) < 4.78 is 1.94. The highest BCUT2D eigenvalue weighted by molar-refractivity contribution is 7.99. The molecule has 1 N–H and O–H groups in total. The van der Waals surface area contributed by atoms with E-state index in [4.69, 9.17) is 0 Å². The highest BCUT2D eigenvalue weighted by atomic mass is 32.2. The lowest BCUT2D eigenvalue weighted by Crippen LogP contribution is -2.13. The summed E-state index contributed by atoms with van der Waals surface area (Å²) in [6.07, 6.45) is 5.81. The summed E-state index contributed by atoms with van der Waals surface area (Å²) in [5.41, 5.74) is 1.20. The molecule has 8 nitrogen and oxygen atoms in total. The number of nitrogens with one attached hydrogen (secondary N) is 1. The Morgan fingerprint density at radius 2 is 1.97 bits per heavy atom. The minimum Gasteiger partial charge on any atom is -0.310 e. The van der Waals surface area contributed by atoms with E-state index in [0.29, 0.717) is 28.8 Å². The van der Waals surface area contributed by atoms with Gasteiger partial charge in [-0.05, 0) is 63.1 Å². The third-order valence-electron chi connectivity index (χ3n) is 5.26. The van der Waals surface area contributed by atoms with Gasteiger partial charge in [-0.1, -0.05) is 23.9 Å². The maximum atomic E-state index is 12.9. The topological polar surface area (TPSA) is 98.5 Å². The fourth-order valence-corrected chi connectivity index (χ4v) is 4.24. The highest BCUT2D eigenvalue weighted by Gasteiger charge is 2.26. The van der Waals surface area contributed by atoms with Crippen LogP contribution in [0.15, 0.2) is 71.0 Å². The van der Waals surface area contributed by atoms with E-state index in [1.807, 2.05) is 41.0 Å². The van der Waals surface area contributed by atoms with E-state index < -0.39 is 0 Å². The number of aromatic nitrogens is 6. The standard InChI is InChI=1S/C24H23N7OS/c1-15(2)31-14-26-30-23(31)19-7-4-8-20(27-19)28-24(32)17-5-3-6-18(13-17)33-21-11-12-25-22(29-21)16-9-10-16/h3-8,11-16H,9-10H2,1-2H3,(H,27,28,32). The van der Waals surface area contributed by atoms with Crippen molar-refractivity contribution in [1.29, 1.82) is 0 Å². The second-order valence-corrected chi connectivity index (χ2v) is 9.27. The van der Waals surface area contributed by atoms with Crippen LogP contribution in [0.2, 0.25) is 0 Å². The van der Waals surface area contributed by atoms with Crippen molar-refractivity contribution in [1.82, 2.24) is 29.7 Å². The Bertz CT molecular complexity index is 1300. The van der Waals surface area contributed by atoms with Crippen molar-refractivity contribution >= 4 is 23.5 Å². The van der Waals surface area contributed by atoms with Gasteiger partial charge in [-0.3, -0.25) is 4.79 Å². The predicted molar refractivity (Wildman–Crippen MR) is 126 cm³/mol. The van der Waals surface area contributed by atoms with Crippen molar-refractivity contribution < 1.29 is 4.79 Å². The molecule has 9 heteroatoms. The molecular formula is C24H23N7OS. The first-order valence-electron chi connectivity index (χ1n) is 10.9. The summed E-state index contributed by atoms with van der Waals surface area (Å²) in [5.74, 6) is 2.30. The van der Waals surface area contributed by atoms with Crippen LogP contribution in [0.1, 0.15) is 54.8 Å². The third-order valence-corrected chi connectivity index (χ3v) is 6.19. The molecule has 1 saturated carbocycles. The highest BCUT2D eigenvalue weighted by Crippen LogP contribution is 2.38. The molecule has 1 amide bonds. The van der Waals surface area contributed by atoms with Crippen LogP contribution < -0.4 is 5.32 Å². The Kier molecular flexibility index (Phi) is 5.87. The van der Waals surface area contributed by atoms with Crippen molar-refractivity contribution in [2.45, 2.75) is 48.6 Å². The summed E-state index contributed by atoms with van der Waals surface area (Å²) in [5, 5.41) is 12.0. The first-order chi connectivity index (χ1) is 16.1. The number of carbonyl (C=O) groups is 1. The third kappa shape index (κ3) is 4.93. The van der Waals surface area contributed by atoms with Gasteiger partial charge in [-0.25, -0.2) is 15.0 Å². The minimum atomic E-state index is -0.228. The van der Waals surface area contributed by atoms with Gasteiger partial charge in [0.1, 0.15) is 28.7 Å². The number of rotatable bonds is 7. The lowest BCUT2D eigenvalue weighted by atomic mass is 10.2. The van der Waals surface area contributed by atoms with Crippen molar-refractivity contribution in [2.24, 2.45) is 0 Å². The normalized spacial score (nSPS) is 13.3. The quantitative estimate of drug-likeness (QED) is 0.390. The largest absolute Gasteiger partial charge is 0.310 e. The Labute approximate surface area is 195 Å². The molecule has 1 aromatic carbocycles. The van der Waals surface area contributed by atoms with Gasteiger partial charge in [0.25, 0.3) is 5.91 Å². The van der Waals surface area contributed by atoms with Gasteiger partial charge in [-0.15, -0.1) is 10.2 Å². The summed E-state index contributed by atoms with van der Waals surface area (Å²) in [6, 6.07) is 15.0. The summed E-state index contributed by atoms with van der Waals surface area (Å²) in [6.45, 7) is 4.11. The molecule has 0 radical (unpaired) electrons. The predicted octanol–water partition coefficient (Wildman–Crippen LogP) is 4.99. The van der Waals surface area contributed by atoms with Crippen LogP contribution in [0, 0.1) is 0 Å². The molecule has 1 aliphatic rings.